The lowest BCUT2D eigenvalue weighted by Crippen LogP contribution is -2.46. The number of amides is 1. The maximum Gasteiger partial charge on any atom is 0.237 e. The summed E-state index contributed by atoms with van der Waals surface area (Å²) in [6, 6.07) is 9.53. The fourth-order valence-corrected chi connectivity index (χ4v) is 1.69. The van der Waals surface area contributed by atoms with Crippen LogP contribution in [0.2, 0.25) is 0 Å². The van der Waals surface area contributed by atoms with Crippen molar-refractivity contribution in [3.05, 3.63) is 35.9 Å². The minimum atomic E-state index is -0.295. The summed E-state index contributed by atoms with van der Waals surface area (Å²) >= 11 is 0. The zero-order valence-electron chi connectivity index (χ0n) is 10.9. The van der Waals surface area contributed by atoms with Crippen molar-refractivity contribution >= 4 is 11.7 Å². The first-order valence-corrected chi connectivity index (χ1v) is 6.18. The molecule has 0 spiro atoms. The third-order valence-corrected chi connectivity index (χ3v) is 2.56. The van der Waals surface area contributed by atoms with Crippen LogP contribution in [0.15, 0.2) is 30.3 Å². The van der Waals surface area contributed by atoms with Crippen molar-refractivity contribution < 1.29 is 9.59 Å². The van der Waals surface area contributed by atoms with Gasteiger partial charge in [-0.1, -0.05) is 37.3 Å². The second-order valence-corrected chi connectivity index (χ2v) is 4.22. The van der Waals surface area contributed by atoms with Crippen LogP contribution in [0.5, 0.6) is 0 Å². The van der Waals surface area contributed by atoms with Crippen molar-refractivity contribution in [3.63, 3.8) is 0 Å². The van der Waals surface area contributed by atoms with Crippen LogP contribution in [0.3, 0.4) is 0 Å². The number of ketones is 1. The molecule has 0 fully saturated rings. The van der Waals surface area contributed by atoms with Gasteiger partial charge in [0, 0.05) is 0 Å². The molecule has 0 aromatic heterocycles. The molecule has 0 heterocycles. The fourth-order valence-electron chi connectivity index (χ4n) is 1.69. The highest BCUT2D eigenvalue weighted by molar-refractivity contribution is 5.87. The quantitative estimate of drug-likeness (QED) is 0.754. The van der Waals surface area contributed by atoms with Gasteiger partial charge in [-0.25, -0.2) is 0 Å². The van der Waals surface area contributed by atoms with Gasteiger partial charge in [0.15, 0.2) is 0 Å². The number of hydrogen-bond donors (Lipinski definition) is 2. The molecule has 1 atom stereocenters. The first-order chi connectivity index (χ1) is 8.63. The number of Topliss-reactive ketones (excluding diaryl/α,β-unsaturated/α-hetero) is 1. The zero-order valence-corrected chi connectivity index (χ0v) is 10.9. The number of carbonyl (C=O) groups excluding carboxylic acids is 2. The highest BCUT2D eigenvalue weighted by Gasteiger charge is 2.17. The Morgan fingerprint density at radius 1 is 1.22 bits per heavy atom. The van der Waals surface area contributed by atoms with Crippen LogP contribution in [0.4, 0.5) is 0 Å². The molecular weight excluding hydrogens is 228 g/mol. The summed E-state index contributed by atoms with van der Waals surface area (Å²) in [4.78, 5) is 22.8. The molecular formula is C14H20N2O2. The van der Waals surface area contributed by atoms with Crippen molar-refractivity contribution in [2.75, 3.05) is 13.1 Å². The predicted octanol–water partition coefficient (Wildman–Crippen LogP) is 0.912. The van der Waals surface area contributed by atoms with E-state index in [1.807, 2.05) is 37.3 Å². The van der Waals surface area contributed by atoms with Crippen LogP contribution in [-0.4, -0.2) is 30.8 Å². The van der Waals surface area contributed by atoms with E-state index in [0.29, 0.717) is 13.0 Å². The van der Waals surface area contributed by atoms with E-state index in [0.717, 1.165) is 5.56 Å². The van der Waals surface area contributed by atoms with Crippen LogP contribution < -0.4 is 10.6 Å². The maximum absolute atomic E-state index is 11.9. The summed E-state index contributed by atoms with van der Waals surface area (Å²) in [5.74, 6) is -0.172. The molecule has 0 saturated heterocycles. The van der Waals surface area contributed by atoms with Gasteiger partial charge in [0.1, 0.15) is 5.78 Å². The molecule has 1 unspecified atom stereocenters. The Balaban J connectivity index is 2.58. The Morgan fingerprint density at radius 2 is 1.89 bits per heavy atom. The molecule has 0 saturated carbocycles. The van der Waals surface area contributed by atoms with Crippen LogP contribution in [0, 0.1) is 0 Å². The van der Waals surface area contributed by atoms with E-state index in [-0.39, 0.29) is 24.3 Å². The molecule has 4 heteroatoms. The van der Waals surface area contributed by atoms with Gasteiger partial charge in [0.05, 0.1) is 12.6 Å². The van der Waals surface area contributed by atoms with E-state index in [1.165, 1.54) is 6.92 Å². The molecule has 98 valence electrons. The number of nitrogens with one attached hydrogen (secondary N) is 2. The van der Waals surface area contributed by atoms with Crippen LogP contribution >= 0.6 is 0 Å². The molecule has 0 radical (unpaired) electrons. The Labute approximate surface area is 108 Å². The molecule has 1 rings (SSSR count). The molecule has 18 heavy (non-hydrogen) atoms. The molecule has 0 aliphatic heterocycles. The van der Waals surface area contributed by atoms with Gasteiger partial charge in [-0.3, -0.25) is 9.59 Å². The molecule has 1 aromatic rings. The smallest absolute Gasteiger partial charge is 0.237 e. The van der Waals surface area contributed by atoms with Crippen LogP contribution in [0.25, 0.3) is 0 Å². The molecule has 0 aliphatic rings. The van der Waals surface area contributed by atoms with E-state index in [9.17, 15) is 9.59 Å². The van der Waals surface area contributed by atoms with E-state index in [2.05, 4.69) is 10.6 Å². The summed E-state index contributed by atoms with van der Waals surface area (Å²) in [5.41, 5.74) is 1.10. The zero-order chi connectivity index (χ0) is 13.4. The van der Waals surface area contributed by atoms with Crippen molar-refractivity contribution in [2.45, 2.75) is 26.3 Å². The largest absolute Gasteiger partial charge is 0.348 e. The minimum absolute atomic E-state index is 0.0432. The second kappa shape index (κ2) is 7.61. The molecule has 4 nitrogen and oxygen atoms in total. The first kappa shape index (κ1) is 14.4. The Bertz CT molecular complexity index is 390. The van der Waals surface area contributed by atoms with E-state index >= 15 is 0 Å². The highest BCUT2D eigenvalue weighted by Crippen LogP contribution is 2.03. The standard InChI is InChI=1S/C14H20N2O2/c1-3-15-13(14(18)16-10-11(2)17)9-12-7-5-4-6-8-12/h4-8,13,15H,3,9-10H2,1-2H3,(H,16,18). The molecule has 1 aromatic carbocycles. The number of carbonyl (C=O) groups is 2. The van der Waals surface area contributed by atoms with Gasteiger partial charge >= 0.3 is 0 Å². The minimum Gasteiger partial charge on any atom is -0.348 e. The lowest BCUT2D eigenvalue weighted by Gasteiger charge is -2.17. The fraction of sp³-hybridized carbons (Fsp3) is 0.429. The maximum atomic E-state index is 11.9. The number of benzene rings is 1. The molecule has 2 N–H and O–H groups in total. The molecule has 0 aliphatic carbocycles. The highest BCUT2D eigenvalue weighted by atomic mass is 16.2. The summed E-state index contributed by atoms with van der Waals surface area (Å²) in [7, 11) is 0. The SMILES string of the molecule is CCNC(Cc1ccccc1)C(=O)NCC(C)=O. The monoisotopic (exact) mass is 248 g/mol. The Kier molecular flexibility index (Phi) is 6.08. The van der Waals surface area contributed by atoms with Gasteiger partial charge in [-0.2, -0.15) is 0 Å². The lowest BCUT2D eigenvalue weighted by atomic mass is 10.1. The first-order valence-electron chi connectivity index (χ1n) is 6.18. The van der Waals surface area contributed by atoms with E-state index in [1.54, 1.807) is 0 Å². The van der Waals surface area contributed by atoms with Gasteiger partial charge in [0.25, 0.3) is 0 Å². The predicted molar refractivity (Wildman–Crippen MR) is 71.3 cm³/mol. The number of rotatable bonds is 7. The summed E-state index contributed by atoms with van der Waals surface area (Å²) in [6.45, 7) is 4.22. The van der Waals surface area contributed by atoms with Crippen LogP contribution in [0.1, 0.15) is 19.4 Å². The number of hydrogen-bond acceptors (Lipinski definition) is 3. The van der Waals surface area contributed by atoms with Gasteiger partial charge < -0.3 is 10.6 Å². The topological polar surface area (TPSA) is 58.2 Å². The number of likely N-dealkylation sites (N-methyl/N-ethyl adjacent to an activating group) is 1. The van der Waals surface area contributed by atoms with Crippen molar-refractivity contribution in [1.29, 1.82) is 0 Å². The molecule has 1 amide bonds. The van der Waals surface area contributed by atoms with Gasteiger partial charge in [-0.05, 0) is 25.5 Å². The normalized spacial score (nSPS) is 11.9. The Hall–Kier alpha value is -1.68. The van der Waals surface area contributed by atoms with Crippen molar-refractivity contribution in [3.8, 4) is 0 Å². The van der Waals surface area contributed by atoms with Crippen LogP contribution in [-0.2, 0) is 16.0 Å². The van der Waals surface area contributed by atoms with Crippen molar-refractivity contribution in [1.82, 2.24) is 10.6 Å². The average molecular weight is 248 g/mol. The summed E-state index contributed by atoms with van der Waals surface area (Å²) < 4.78 is 0. The van der Waals surface area contributed by atoms with Gasteiger partial charge in [0.2, 0.25) is 5.91 Å². The van der Waals surface area contributed by atoms with Crippen molar-refractivity contribution in [2.24, 2.45) is 0 Å². The summed E-state index contributed by atoms with van der Waals surface area (Å²) in [5, 5.41) is 5.77. The van der Waals surface area contributed by atoms with E-state index < -0.39 is 0 Å². The summed E-state index contributed by atoms with van der Waals surface area (Å²) in [6.07, 6.45) is 0.623. The second-order valence-electron chi connectivity index (χ2n) is 4.22. The lowest BCUT2D eigenvalue weighted by molar-refractivity contribution is -0.125. The third-order valence-electron chi connectivity index (χ3n) is 2.56. The van der Waals surface area contributed by atoms with Gasteiger partial charge in [-0.15, -0.1) is 0 Å². The van der Waals surface area contributed by atoms with E-state index in [4.69, 9.17) is 0 Å². The Morgan fingerprint density at radius 3 is 2.44 bits per heavy atom. The molecule has 0 bridgehead atoms. The third kappa shape index (κ3) is 5.10. The average Bonchev–Trinajstić information content (AvgIpc) is 2.36.